The molecule has 4 fully saturated rings. The summed E-state index contributed by atoms with van der Waals surface area (Å²) in [6.07, 6.45) is 6.56. The minimum atomic E-state index is -0.499. The van der Waals surface area contributed by atoms with Gasteiger partial charge in [-0.05, 0) is 37.5 Å². The largest absolute Gasteiger partial charge is 0.508 e. The number of carbonyl (C=O) groups is 1. The van der Waals surface area contributed by atoms with Crippen molar-refractivity contribution in [1.82, 2.24) is 0 Å². The maximum absolute atomic E-state index is 11.5. The van der Waals surface area contributed by atoms with Crippen LogP contribution >= 0.6 is 0 Å². The van der Waals surface area contributed by atoms with Crippen LogP contribution in [0.1, 0.15) is 52.4 Å². The van der Waals surface area contributed by atoms with Gasteiger partial charge in [0, 0.05) is 0 Å². The van der Waals surface area contributed by atoms with Crippen molar-refractivity contribution in [3.8, 4) is 0 Å². The second kappa shape index (κ2) is 3.88. The lowest BCUT2D eigenvalue weighted by Gasteiger charge is -2.67. The third kappa shape index (κ3) is 1.74. The first-order valence-corrected chi connectivity index (χ1v) is 7.05. The zero-order valence-corrected chi connectivity index (χ0v) is 11.6. The smallest absolute Gasteiger partial charge is 0.438 e. The molecular weight excluding hydrogens is 228 g/mol. The van der Waals surface area contributed by atoms with Crippen LogP contribution in [0.5, 0.6) is 0 Å². The number of ether oxygens (including phenoxy) is 2. The van der Waals surface area contributed by atoms with Crippen molar-refractivity contribution in [2.75, 3.05) is 7.11 Å². The Morgan fingerprint density at radius 2 is 1.78 bits per heavy atom. The highest BCUT2D eigenvalue weighted by Crippen LogP contribution is 2.65. The Morgan fingerprint density at radius 3 is 2.28 bits per heavy atom. The van der Waals surface area contributed by atoms with Gasteiger partial charge in [-0.15, -0.1) is 5.41 Å². The number of hydrogen-bond acceptors (Lipinski definition) is 3. The summed E-state index contributed by atoms with van der Waals surface area (Å²) >= 11 is 0. The Labute approximate surface area is 109 Å². The number of hydrogen-bond donors (Lipinski definition) is 0. The Morgan fingerprint density at radius 1 is 1.17 bits per heavy atom. The highest BCUT2D eigenvalue weighted by molar-refractivity contribution is 5.60. The van der Waals surface area contributed by atoms with Crippen molar-refractivity contribution in [3.05, 3.63) is 5.92 Å². The van der Waals surface area contributed by atoms with E-state index in [4.69, 9.17) is 9.47 Å². The van der Waals surface area contributed by atoms with Crippen molar-refractivity contribution in [1.29, 1.82) is 0 Å². The average molecular weight is 251 g/mol. The summed E-state index contributed by atoms with van der Waals surface area (Å²) in [5, 5.41) is 0. The molecule has 4 aliphatic rings. The number of methoxy groups -OCH3 is 1. The molecule has 3 nitrogen and oxygen atoms in total. The molecule has 0 heterocycles. The quantitative estimate of drug-likeness (QED) is 0.554. The van der Waals surface area contributed by atoms with Crippen LogP contribution in [0.15, 0.2) is 0 Å². The van der Waals surface area contributed by atoms with E-state index in [1.165, 1.54) is 32.3 Å². The second-order valence-electron chi connectivity index (χ2n) is 6.98. The van der Waals surface area contributed by atoms with E-state index in [2.05, 4.69) is 13.8 Å². The molecule has 102 valence electrons. The predicted molar refractivity (Wildman–Crippen MR) is 67.9 cm³/mol. The van der Waals surface area contributed by atoms with Gasteiger partial charge in [-0.25, -0.2) is 4.79 Å². The van der Waals surface area contributed by atoms with Gasteiger partial charge in [0.15, 0.2) is 0 Å². The van der Waals surface area contributed by atoms with Gasteiger partial charge in [-0.1, -0.05) is 12.8 Å². The summed E-state index contributed by atoms with van der Waals surface area (Å²) in [5.41, 5.74) is 0.104. The molecule has 0 aromatic heterocycles. The molecule has 0 aromatic rings. The highest BCUT2D eigenvalue weighted by Gasteiger charge is 2.56. The van der Waals surface area contributed by atoms with E-state index in [1.807, 2.05) is 0 Å². The molecule has 0 aromatic carbocycles. The van der Waals surface area contributed by atoms with Crippen LogP contribution in [-0.4, -0.2) is 18.9 Å². The Hall–Kier alpha value is -0.730. The molecule has 3 heteroatoms. The van der Waals surface area contributed by atoms with Crippen LogP contribution in [0.3, 0.4) is 0 Å². The molecule has 2 atom stereocenters. The Kier molecular flexibility index (Phi) is 2.65. The summed E-state index contributed by atoms with van der Waals surface area (Å²) in [7, 11) is 1.40. The molecule has 2 unspecified atom stereocenters. The molecule has 0 radical (unpaired) electrons. The first kappa shape index (κ1) is 12.3. The van der Waals surface area contributed by atoms with Gasteiger partial charge >= 0.3 is 6.16 Å². The molecule has 4 bridgehead atoms. The first-order chi connectivity index (χ1) is 8.47. The van der Waals surface area contributed by atoms with Crippen LogP contribution in [-0.2, 0) is 9.47 Å². The molecule has 0 spiro atoms. The zero-order valence-electron chi connectivity index (χ0n) is 11.6. The van der Waals surface area contributed by atoms with Gasteiger partial charge < -0.3 is 15.4 Å². The van der Waals surface area contributed by atoms with Gasteiger partial charge in [0.2, 0.25) is 0 Å². The van der Waals surface area contributed by atoms with Crippen molar-refractivity contribution >= 4 is 6.16 Å². The van der Waals surface area contributed by atoms with Gasteiger partial charge in [0.25, 0.3) is 0 Å². The van der Waals surface area contributed by atoms with Crippen LogP contribution < -0.4 is 0 Å². The molecular formula is C15H23O3-. The molecule has 0 N–H and O–H groups in total. The highest BCUT2D eigenvalue weighted by atomic mass is 16.7. The zero-order chi connectivity index (χ0) is 13.0. The lowest BCUT2D eigenvalue weighted by Crippen LogP contribution is -2.58. The van der Waals surface area contributed by atoms with Crippen LogP contribution in [0, 0.1) is 23.2 Å². The lowest BCUT2D eigenvalue weighted by atomic mass is 9.45. The number of carbonyl (C=O) groups excluding carboxylic acids is 1. The molecule has 0 aliphatic heterocycles. The predicted octanol–water partition coefficient (Wildman–Crippen LogP) is 3.72. The summed E-state index contributed by atoms with van der Waals surface area (Å²) < 4.78 is 10.4. The Balaban J connectivity index is 1.87. The normalized spacial score (nSPS) is 45.3. The minimum Gasteiger partial charge on any atom is -0.438 e. The molecule has 4 aliphatic carbocycles. The molecule has 18 heavy (non-hydrogen) atoms. The standard InChI is InChI=1S/C15H23O3/c1-10(2)14-5-11-4-12(6-14)8-15(7-11,9-14)18-13(16)17-3/h11-12H,4-9H2,1-3H3/q-1. The minimum absolute atomic E-state index is 0.228. The van der Waals surface area contributed by atoms with Crippen molar-refractivity contribution in [2.45, 2.75) is 58.0 Å². The van der Waals surface area contributed by atoms with E-state index >= 15 is 0 Å². The van der Waals surface area contributed by atoms with E-state index in [1.54, 1.807) is 0 Å². The van der Waals surface area contributed by atoms with Crippen LogP contribution in [0.2, 0.25) is 0 Å². The molecule has 4 saturated carbocycles. The van der Waals surface area contributed by atoms with Gasteiger partial charge in [-0.3, -0.25) is 0 Å². The topological polar surface area (TPSA) is 35.5 Å². The van der Waals surface area contributed by atoms with Crippen LogP contribution in [0.25, 0.3) is 0 Å². The van der Waals surface area contributed by atoms with E-state index in [0.29, 0.717) is 5.41 Å². The fourth-order valence-electron chi connectivity index (χ4n) is 5.10. The van der Waals surface area contributed by atoms with E-state index < -0.39 is 6.16 Å². The van der Waals surface area contributed by atoms with Gasteiger partial charge in [0.1, 0.15) is 5.60 Å². The lowest BCUT2D eigenvalue weighted by molar-refractivity contribution is -0.168. The SMILES string of the molecule is COC(=O)OC12CC3CC(C1)CC([C-](C)C)(C3)C2. The first-order valence-electron chi connectivity index (χ1n) is 7.05. The van der Waals surface area contributed by atoms with Gasteiger partial charge in [0.05, 0.1) is 7.11 Å². The van der Waals surface area contributed by atoms with Gasteiger partial charge in [-0.2, -0.15) is 13.8 Å². The van der Waals surface area contributed by atoms with E-state index in [9.17, 15) is 4.79 Å². The fraction of sp³-hybridized carbons (Fsp3) is 0.867. The third-order valence-electron chi connectivity index (χ3n) is 5.53. The second-order valence-corrected chi connectivity index (χ2v) is 6.98. The van der Waals surface area contributed by atoms with Crippen molar-refractivity contribution < 1.29 is 14.3 Å². The summed E-state index contributed by atoms with van der Waals surface area (Å²) in [6.45, 7) is 4.50. The molecule has 0 saturated heterocycles. The third-order valence-corrected chi connectivity index (χ3v) is 5.53. The summed E-state index contributed by atoms with van der Waals surface area (Å²) in [5.74, 6) is 3.01. The summed E-state index contributed by atoms with van der Waals surface area (Å²) in [6, 6.07) is 0. The van der Waals surface area contributed by atoms with E-state index in [-0.39, 0.29) is 5.60 Å². The molecule has 4 rings (SSSR count). The monoisotopic (exact) mass is 251 g/mol. The number of rotatable bonds is 2. The van der Waals surface area contributed by atoms with E-state index in [0.717, 1.165) is 31.1 Å². The maximum atomic E-state index is 11.5. The average Bonchev–Trinajstić information content (AvgIpc) is 2.26. The van der Waals surface area contributed by atoms with Crippen molar-refractivity contribution in [3.63, 3.8) is 0 Å². The maximum Gasteiger partial charge on any atom is 0.508 e. The summed E-state index contributed by atoms with van der Waals surface area (Å²) in [4.78, 5) is 11.5. The van der Waals surface area contributed by atoms with Crippen molar-refractivity contribution in [2.24, 2.45) is 17.3 Å². The Bertz CT molecular complexity index is 347. The molecule has 0 amide bonds. The fourth-order valence-corrected chi connectivity index (χ4v) is 5.10. The van der Waals surface area contributed by atoms with Crippen LogP contribution in [0.4, 0.5) is 4.79 Å².